The summed E-state index contributed by atoms with van der Waals surface area (Å²) in [6, 6.07) is 3.30. The predicted molar refractivity (Wildman–Crippen MR) is 173 cm³/mol. The van der Waals surface area contributed by atoms with Crippen molar-refractivity contribution in [2.24, 2.45) is 17.8 Å². The molecule has 0 radical (unpaired) electrons. The minimum Gasteiger partial charge on any atom is -0.497 e. The zero-order valence-corrected chi connectivity index (χ0v) is 26.9. The van der Waals surface area contributed by atoms with Crippen molar-refractivity contribution < 1.29 is 33.7 Å². The van der Waals surface area contributed by atoms with E-state index in [0.29, 0.717) is 34.8 Å². The number of nitrogens with zero attached hydrogens (tertiary/aromatic N) is 3. The van der Waals surface area contributed by atoms with Crippen LogP contribution in [0, 0.1) is 17.8 Å². The number of fused-ring (bicyclic) bond motifs is 1. The molecule has 1 aliphatic heterocycles. The molecule has 11 heteroatoms. The quantitative estimate of drug-likeness (QED) is 0.196. The molecular weight excluding hydrogens is 588 g/mol. The van der Waals surface area contributed by atoms with Gasteiger partial charge < -0.3 is 29.5 Å². The number of hydrogen-bond acceptors (Lipinski definition) is 8. The third kappa shape index (κ3) is 7.45. The van der Waals surface area contributed by atoms with Gasteiger partial charge in [0.1, 0.15) is 35.7 Å². The summed E-state index contributed by atoms with van der Waals surface area (Å²) in [6.45, 7) is 9.52. The lowest BCUT2D eigenvalue weighted by Gasteiger charge is -2.34. The van der Waals surface area contributed by atoms with Crippen molar-refractivity contribution in [1.82, 2.24) is 20.2 Å². The van der Waals surface area contributed by atoms with Gasteiger partial charge in [-0.15, -0.1) is 6.58 Å². The highest BCUT2D eigenvalue weighted by molar-refractivity contribution is 5.90. The highest BCUT2D eigenvalue weighted by atomic mass is 16.6. The van der Waals surface area contributed by atoms with Gasteiger partial charge in [-0.1, -0.05) is 38.8 Å². The van der Waals surface area contributed by atoms with E-state index in [4.69, 9.17) is 14.2 Å². The molecule has 46 heavy (non-hydrogen) atoms. The largest absolute Gasteiger partial charge is 0.497 e. The van der Waals surface area contributed by atoms with Gasteiger partial charge >= 0.3 is 12.1 Å². The van der Waals surface area contributed by atoms with Gasteiger partial charge in [0.25, 0.3) is 0 Å². The van der Waals surface area contributed by atoms with E-state index in [2.05, 4.69) is 28.4 Å². The smallest absolute Gasteiger partial charge is 0.408 e. The molecule has 1 saturated heterocycles. The predicted octanol–water partition coefficient (Wildman–Crippen LogP) is 5.77. The molecule has 2 aromatic rings. The summed E-state index contributed by atoms with van der Waals surface area (Å²) < 4.78 is 17.4. The van der Waals surface area contributed by atoms with Gasteiger partial charge in [-0.3, -0.25) is 4.79 Å². The van der Waals surface area contributed by atoms with Gasteiger partial charge in [-0.25, -0.2) is 19.6 Å². The first-order chi connectivity index (χ1) is 22.3. The van der Waals surface area contributed by atoms with E-state index in [1.54, 1.807) is 25.3 Å². The number of carbonyl (C=O) groups excluding carboxylic acids is 2. The van der Waals surface area contributed by atoms with Crippen LogP contribution in [0.2, 0.25) is 0 Å². The number of methoxy groups -OCH3 is 1. The zero-order valence-electron chi connectivity index (χ0n) is 26.9. The summed E-state index contributed by atoms with van der Waals surface area (Å²) in [6.07, 6.45) is 10.6. The lowest BCUT2D eigenvalue weighted by molar-refractivity contribution is -0.151. The second-order valence-corrected chi connectivity index (χ2v) is 12.7. The Balaban J connectivity index is 1.36. The molecule has 3 fully saturated rings. The standard InChI is InChI=1S/C35H46N4O7/c1-5-8-10-15-22-18-28(22)46-35(43)38-30(21-13-11-9-12-14-21)33(40)39-20-29(24(6-2)31(39)34(41)42)45-32-25(7-3)36-26-17-16-23(44-4)19-27(26)37-32/h5,7,16-17,19,21-22,24,28-31H,1,3,6,8-15,18,20H2,2,4H3,(H,38,43)(H,41,42)/t22-,24-,28?,29+,30+,31+/m1/s1. The summed E-state index contributed by atoms with van der Waals surface area (Å²) in [5, 5.41) is 13.3. The molecule has 6 atom stereocenters. The van der Waals surface area contributed by atoms with Gasteiger partial charge in [-0.2, -0.15) is 0 Å². The monoisotopic (exact) mass is 634 g/mol. The molecule has 5 rings (SSSR count). The lowest BCUT2D eigenvalue weighted by atomic mass is 9.83. The first kappa shape index (κ1) is 33.2. The number of aliphatic carboxylic acids is 1. The summed E-state index contributed by atoms with van der Waals surface area (Å²) >= 11 is 0. The van der Waals surface area contributed by atoms with Gasteiger partial charge in [0.2, 0.25) is 11.8 Å². The fourth-order valence-corrected chi connectivity index (χ4v) is 7.07. The van der Waals surface area contributed by atoms with Crippen molar-refractivity contribution in [3.63, 3.8) is 0 Å². The average Bonchev–Trinajstić information content (AvgIpc) is 3.69. The van der Waals surface area contributed by atoms with Crippen molar-refractivity contribution in [1.29, 1.82) is 0 Å². The molecule has 0 bridgehead atoms. The third-order valence-electron chi connectivity index (χ3n) is 9.68. The molecule has 2 N–H and O–H groups in total. The van der Waals surface area contributed by atoms with Crippen molar-refractivity contribution in [2.45, 2.75) is 95.4 Å². The Morgan fingerprint density at radius 3 is 2.59 bits per heavy atom. The maximum absolute atomic E-state index is 14.3. The number of carboxylic acids is 1. The van der Waals surface area contributed by atoms with E-state index in [0.717, 1.165) is 57.8 Å². The molecule has 2 aliphatic carbocycles. The van der Waals surface area contributed by atoms with E-state index in [1.807, 2.05) is 13.0 Å². The summed E-state index contributed by atoms with van der Waals surface area (Å²) in [5.41, 5.74) is 1.59. The normalized spacial score (nSPS) is 25.0. The van der Waals surface area contributed by atoms with Crippen LogP contribution >= 0.6 is 0 Å². The first-order valence-corrected chi connectivity index (χ1v) is 16.5. The Kier molecular flexibility index (Phi) is 10.8. The van der Waals surface area contributed by atoms with Crippen LogP contribution in [-0.2, 0) is 14.3 Å². The zero-order chi connectivity index (χ0) is 32.8. The maximum Gasteiger partial charge on any atom is 0.408 e. The average molecular weight is 635 g/mol. The Labute approximate surface area is 270 Å². The molecule has 11 nitrogen and oxygen atoms in total. The Morgan fingerprint density at radius 1 is 1.13 bits per heavy atom. The number of nitrogens with one attached hydrogen (secondary N) is 1. The number of alkyl carbamates (subject to hydrolysis) is 1. The minimum absolute atomic E-state index is 0.0245. The highest BCUT2D eigenvalue weighted by Gasteiger charge is 2.51. The van der Waals surface area contributed by atoms with Crippen LogP contribution in [0.15, 0.2) is 37.4 Å². The number of likely N-dealkylation sites (tertiary alicyclic amines) is 1. The molecule has 2 heterocycles. The van der Waals surface area contributed by atoms with Gasteiger partial charge in [0.15, 0.2) is 0 Å². The summed E-state index contributed by atoms with van der Waals surface area (Å²) in [7, 11) is 1.57. The van der Waals surface area contributed by atoms with Gasteiger partial charge in [0.05, 0.1) is 24.7 Å². The molecule has 0 spiro atoms. The van der Waals surface area contributed by atoms with E-state index in [1.165, 1.54) is 11.0 Å². The van der Waals surface area contributed by atoms with Crippen LogP contribution < -0.4 is 14.8 Å². The molecule has 1 aromatic carbocycles. The number of allylic oxidation sites excluding steroid dienone is 1. The van der Waals surface area contributed by atoms with Crippen LogP contribution in [0.4, 0.5) is 4.79 Å². The first-order valence-electron chi connectivity index (χ1n) is 16.5. The molecule has 3 aliphatic rings. The third-order valence-corrected chi connectivity index (χ3v) is 9.68. The Hall–Kier alpha value is -4.15. The number of benzene rings is 1. The topological polar surface area (TPSA) is 140 Å². The fraction of sp³-hybridized carbons (Fsp3) is 0.571. The van der Waals surface area contributed by atoms with Crippen molar-refractivity contribution in [2.75, 3.05) is 13.7 Å². The number of aromatic nitrogens is 2. The van der Waals surface area contributed by atoms with Gasteiger partial charge in [-0.05, 0) is 75.0 Å². The molecule has 2 amide bonds. The second-order valence-electron chi connectivity index (χ2n) is 12.7. The molecule has 2 saturated carbocycles. The number of rotatable bonds is 14. The number of ether oxygens (including phenoxy) is 3. The molecule has 1 unspecified atom stereocenters. The number of amides is 2. The fourth-order valence-electron chi connectivity index (χ4n) is 7.07. The van der Waals surface area contributed by atoms with Gasteiger partial charge in [0, 0.05) is 12.0 Å². The lowest BCUT2D eigenvalue weighted by Crippen LogP contribution is -2.55. The molecule has 248 valence electrons. The van der Waals surface area contributed by atoms with E-state index >= 15 is 0 Å². The SMILES string of the molecule is C=CCCC[C@@H]1CC1OC(=O)N[C@H](C(=O)N1C[C@H](Oc2nc3cc(OC)ccc3nc2C=C)[C@@H](CC)[C@H]1C(=O)O)C1CCCCC1. The van der Waals surface area contributed by atoms with Crippen LogP contribution in [-0.4, -0.2) is 75.9 Å². The molecular formula is C35H46N4O7. The maximum atomic E-state index is 14.3. The van der Waals surface area contributed by atoms with Crippen LogP contribution in [0.5, 0.6) is 11.6 Å². The van der Waals surface area contributed by atoms with Crippen molar-refractivity contribution >= 4 is 35.1 Å². The van der Waals surface area contributed by atoms with Crippen molar-refractivity contribution in [3.05, 3.63) is 43.1 Å². The van der Waals surface area contributed by atoms with E-state index < -0.39 is 42.1 Å². The number of unbranched alkanes of at least 4 members (excludes halogenated alkanes) is 1. The minimum atomic E-state index is -1.13. The van der Waals surface area contributed by atoms with E-state index in [-0.39, 0.29) is 24.4 Å². The number of hydrogen-bond donors (Lipinski definition) is 2. The van der Waals surface area contributed by atoms with Crippen LogP contribution in [0.1, 0.15) is 76.8 Å². The van der Waals surface area contributed by atoms with E-state index in [9.17, 15) is 19.5 Å². The number of carbonyl (C=O) groups is 3. The number of carboxylic acid groups (broad SMARTS) is 1. The van der Waals surface area contributed by atoms with Crippen molar-refractivity contribution in [3.8, 4) is 11.6 Å². The second kappa shape index (κ2) is 15.0. The molecule has 1 aromatic heterocycles. The summed E-state index contributed by atoms with van der Waals surface area (Å²) in [5.74, 6) is -1.03. The highest BCUT2D eigenvalue weighted by Crippen LogP contribution is 2.39. The van der Waals surface area contributed by atoms with Crippen LogP contribution in [0.3, 0.4) is 0 Å². The summed E-state index contributed by atoms with van der Waals surface area (Å²) in [4.78, 5) is 50.9. The Bertz CT molecular complexity index is 1440. The van der Waals surface area contributed by atoms with Crippen LogP contribution in [0.25, 0.3) is 17.1 Å². The Morgan fingerprint density at radius 2 is 1.91 bits per heavy atom.